The van der Waals surface area contributed by atoms with Gasteiger partial charge in [0.15, 0.2) is 5.76 Å². The van der Waals surface area contributed by atoms with E-state index in [0.29, 0.717) is 6.42 Å². The normalized spacial score (nSPS) is 19.5. The van der Waals surface area contributed by atoms with Crippen LogP contribution < -0.4 is 4.90 Å². The number of halogens is 2. The van der Waals surface area contributed by atoms with Gasteiger partial charge < -0.3 is 14.4 Å². The minimum Gasteiger partial charge on any atom is -0.494 e. The van der Waals surface area contributed by atoms with Crippen LogP contribution >= 0.6 is 31.9 Å². The Kier molecular flexibility index (Phi) is 12.6. The van der Waals surface area contributed by atoms with Crippen molar-refractivity contribution in [3.05, 3.63) is 75.1 Å². The number of anilines is 1. The number of benzene rings is 1. The van der Waals surface area contributed by atoms with E-state index in [9.17, 15) is 4.79 Å². The Morgan fingerprint density at radius 2 is 1.74 bits per heavy atom. The molecule has 2 aliphatic heterocycles. The van der Waals surface area contributed by atoms with Crippen molar-refractivity contribution in [2.75, 3.05) is 44.7 Å². The first-order valence-electron chi connectivity index (χ1n) is 11.8. The fourth-order valence-electron chi connectivity index (χ4n) is 3.88. The Morgan fingerprint density at radius 1 is 1.09 bits per heavy atom. The third-order valence-electron chi connectivity index (χ3n) is 5.51. The van der Waals surface area contributed by atoms with E-state index in [0.717, 1.165) is 59.4 Å². The molecule has 7 heteroatoms. The molecule has 1 aliphatic carbocycles. The molecule has 0 spiro atoms. The lowest BCUT2D eigenvalue weighted by molar-refractivity contribution is -0.107. The summed E-state index contributed by atoms with van der Waals surface area (Å²) in [5.74, 6) is 0.987. The minimum absolute atomic E-state index is 0.163. The number of methoxy groups -OCH3 is 1. The largest absolute Gasteiger partial charge is 0.494 e. The number of piperazine rings is 1. The van der Waals surface area contributed by atoms with Crippen LogP contribution in [0.1, 0.15) is 27.2 Å². The zero-order valence-electron chi connectivity index (χ0n) is 20.5. The van der Waals surface area contributed by atoms with Gasteiger partial charge in [0.2, 0.25) is 0 Å². The Hall–Kier alpha value is -1.96. The molecule has 34 heavy (non-hydrogen) atoms. The van der Waals surface area contributed by atoms with Crippen molar-refractivity contribution < 1.29 is 9.53 Å². The van der Waals surface area contributed by atoms with Crippen LogP contribution in [-0.4, -0.2) is 56.7 Å². The van der Waals surface area contributed by atoms with E-state index in [1.165, 1.54) is 11.3 Å². The average molecular weight is 593 g/mol. The highest BCUT2D eigenvalue weighted by Crippen LogP contribution is 2.33. The summed E-state index contributed by atoms with van der Waals surface area (Å²) in [6.45, 7) is 10.9. The summed E-state index contributed by atoms with van der Waals surface area (Å²) in [7, 11) is 1.70. The summed E-state index contributed by atoms with van der Waals surface area (Å²) < 4.78 is 7.70. The smallest absolute Gasteiger partial charge is 0.155 e. The first kappa shape index (κ1) is 28.3. The van der Waals surface area contributed by atoms with E-state index in [2.05, 4.69) is 89.1 Å². The number of allylic oxidation sites excluding steroid dienone is 6. The zero-order valence-corrected chi connectivity index (χ0v) is 23.7. The number of hydrogen-bond donors (Lipinski definition) is 0. The van der Waals surface area contributed by atoms with Gasteiger partial charge in [-0.25, -0.2) is 0 Å². The van der Waals surface area contributed by atoms with E-state index in [1.807, 2.05) is 33.0 Å². The lowest BCUT2D eigenvalue weighted by atomic mass is 9.87. The van der Waals surface area contributed by atoms with Crippen LogP contribution in [0.3, 0.4) is 0 Å². The van der Waals surface area contributed by atoms with Crippen molar-refractivity contribution in [2.24, 2.45) is 10.9 Å². The fourth-order valence-corrected chi connectivity index (χ4v) is 4.80. The van der Waals surface area contributed by atoms with Gasteiger partial charge >= 0.3 is 0 Å². The molecule has 0 saturated carbocycles. The molecule has 1 aromatic carbocycles. The van der Waals surface area contributed by atoms with Gasteiger partial charge in [0, 0.05) is 61.4 Å². The van der Waals surface area contributed by atoms with Crippen molar-refractivity contribution in [1.29, 1.82) is 0 Å². The van der Waals surface area contributed by atoms with Gasteiger partial charge in [0.25, 0.3) is 0 Å². The maximum absolute atomic E-state index is 9.17. The highest BCUT2D eigenvalue weighted by atomic mass is 79.9. The molecule has 0 N–H and O–H groups in total. The SMILES string of the molecule is CC.CCC=O.COC1=C(Br)C=C(CN2CCN(c3ccc(Br)cc3)CC2)C2C=CC=CN=C12. The molecular formula is C27H35Br2N3O2. The molecule has 184 valence electrons. The third kappa shape index (κ3) is 7.79. The monoisotopic (exact) mass is 591 g/mol. The summed E-state index contributed by atoms with van der Waals surface area (Å²) in [4.78, 5) is 18.8. The molecule has 1 unspecified atom stereocenters. The summed E-state index contributed by atoms with van der Waals surface area (Å²) >= 11 is 7.19. The van der Waals surface area contributed by atoms with Crippen molar-refractivity contribution >= 4 is 49.5 Å². The fraction of sp³-hybridized carbons (Fsp3) is 0.407. The molecule has 1 saturated heterocycles. The molecule has 1 fully saturated rings. The topological polar surface area (TPSA) is 45.1 Å². The van der Waals surface area contributed by atoms with Crippen molar-refractivity contribution in [1.82, 2.24) is 4.90 Å². The summed E-state index contributed by atoms with van der Waals surface area (Å²) in [6.07, 6.45) is 11.8. The van der Waals surface area contributed by atoms with E-state index >= 15 is 0 Å². The summed E-state index contributed by atoms with van der Waals surface area (Å²) in [6, 6.07) is 8.59. The van der Waals surface area contributed by atoms with Crippen LogP contribution in [0.4, 0.5) is 5.69 Å². The van der Waals surface area contributed by atoms with Crippen molar-refractivity contribution in [3.8, 4) is 0 Å². The van der Waals surface area contributed by atoms with Gasteiger partial charge in [-0.15, -0.1) is 0 Å². The number of ether oxygens (including phenoxy) is 1. The minimum atomic E-state index is 0.163. The van der Waals surface area contributed by atoms with Crippen molar-refractivity contribution in [2.45, 2.75) is 27.2 Å². The molecule has 0 amide bonds. The maximum Gasteiger partial charge on any atom is 0.155 e. The van der Waals surface area contributed by atoms with Gasteiger partial charge in [0.1, 0.15) is 6.29 Å². The quantitative estimate of drug-likeness (QED) is 0.365. The molecule has 0 bridgehead atoms. The van der Waals surface area contributed by atoms with E-state index in [-0.39, 0.29) is 5.92 Å². The number of carbonyl (C=O) groups is 1. The van der Waals surface area contributed by atoms with Gasteiger partial charge in [-0.1, -0.05) is 48.9 Å². The lowest BCUT2D eigenvalue weighted by Gasteiger charge is -2.37. The van der Waals surface area contributed by atoms with Crippen molar-refractivity contribution in [3.63, 3.8) is 0 Å². The maximum atomic E-state index is 9.17. The number of aliphatic imine (C=N–C) groups is 1. The van der Waals surface area contributed by atoms with Crippen LogP contribution in [0.2, 0.25) is 0 Å². The Balaban J connectivity index is 0.000000618. The van der Waals surface area contributed by atoms with Crippen LogP contribution in [0.15, 0.2) is 80.0 Å². The van der Waals surface area contributed by atoms with Crippen LogP contribution in [0.5, 0.6) is 0 Å². The standard InChI is InChI=1S/C22H23Br2N3O.C3H6O.C2H6/c1-28-22-20(24)14-16(19-4-2-3-9-25-21(19)22)15-26-10-12-27(13-11-26)18-7-5-17(23)6-8-18;1-2-3-4;1-2/h2-9,14,19H,10-13,15H2,1H3;3H,2H2,1H3;1-2H3. The second-order valence-corrected chi connectivity index (χ2v) is 9.40. The van der Waals surface area contributed by atoms with Crippen LogP contribution in [-0.2, 0) is 9.53 Å². The van der Waals surface area contributed by atoms with E-state index in [1.54, 1.807) is 7.11 Å². The predicted molar refractivity (Wildman–Crippen MR) is 151 cm³/mol. The third-order valence-corrected chi connectivity index (χ3v) is 6.63. The first-order chi connectivity index (χ1) is 16.6. The number of aldehydes is 1. The molecule has 2 heterocycles. The molecule has 4 rings (SSSR count). The Bertz CT molecular complexity index is 941. The second-order valence-electron chi connectivity index (χ2n) is 7.63. The number of hydrogen-bond acceptors (Lipinski definition) is 5. The molecular weight excluding hydrogens is 558 g/mol. The van der Waals surface area contributed by atoms with Gasteiger partial charge in [-0.2, -0.15) is 0 Å². The van der Waals surface area contributed by atoms with Gasteiger partial charge in [-0.3, -0.25) is 9.89 Å². The second kappa shape index (κ2) is 15.1. The molecule has 3 aliphatic rings. The molecule has 1 aromatic rings. The number of fused-ring (bicyclic) bond motifs is 1. The van der Waals surface area contributed by atoms with Crippen LogP contribution in [0, 0.1) is 5.92 Å². The predicted octanol–water partition coefficient (Wildman–Crippen LogP) is 6.53. The van der Waals surface area contributed by atoms with E-state index < -0.39 is 0 Å². The van der Waals surface area contributed by atoms with Gasteiger partial charge in [0.05, 0.1) is 17.3 Å². The molecule has 0 aromatic heterocycles. The Labute approximate surface area is 221 Å². The Morgan fingerprint density at radius 3 is 2.32 bits per heavy atom. The zero-order chi connectivity index (χ0) is 24.9. The van der Waals surface area contributed by atoms with E-state index in [4.69, 9.17) is 4.74 Å². The lowest BCUT2D eigenvalue weighted by Crippen LogP contribution is -2.47. The van der Waals surface area contributed by atoms with Crippen LogP contribution in [0.25, 0.3) is 0 Å². The number of nitrogens with zero attached hydrogens (tertiary/aromatic N) is 3. The molecule has 0 radical (unpaired) electrons. The van der Waals surface area contributed by atoms with Gasteiger partial charge in [-0.05, 0) is 57.9 Å². The summed E-state index contributed by atoms with van der Waals surface area (Å²) in [5.41, 5.74) is 3.62. The highest BCUT2D eigenvalue weighted by molar-refractivity contribution is 9.12. The summed E-state index contributed by atoms with van der Waals surface area (Å²) in [5, 5.41) is 0. The number of rotatable bonds is 5. The first-order valence-corrected chi connectivity index (χ1v) is 13.4. The number of carbonyl (C=O) groups excluding carboxylic acids is 1. The molecule has 1 atom stereocenters. The molecule has 5 nitrogen and oxygen atoms in total. The highest BCUT2D eigenvalue weighted by Gasteiger charge is 2.30. The average Bonchev–Trinajstić information content (AvgIpc) is 3.13.